The SMILES string of the molecule is CC(C)(C)c1cc(C(C)(C)C)c2c(c1)c1cc(C(C)(C)C)cc(C(C)(C)C)c1n2-c1c(-c2ccccc2)cc(-c2nc(-c3ccc4c(c3)sc3ccccc34)nc(-c3ccc4c(c3)sc3ccccc34)n2)cc1-c1ccccc1. The summed E-state index contributed by atoms with van der Waals surface area (Å²) in [7, 11) is 0. The molecule has 4 aromatic heterocycles. The van der Waals surface area contributed by atoms with Gasteiger partial charge in [0.15, 0.2) is 17.5 Å². The van der Waals surface area contributed by atoms with E-state index in [1.54, 1.807) is 0 Å². The normalized spacial score (nSPS) is 12.8. The van der Waals surface area contributed by atoms with Crippen LogP contribution < -0.4 is 0 Å². The maximum absolute atomic E-state index is 5.56. The number of rotatable bonds is 6. The minimum Gasteiger partial charge on any atom is -0.307 e. The number of fused-ring (bicyclic) bond motifs is 9. The lowest BCUT2D eigenvalue weighted by molar-refractivity contribution is 0.571. The molecule has 13 aromatic rings. The zero-order valence-electron chi connectivity index (χ0n) is 47.4. The van der Waals surface area contributed by atoms with Gasteiger partial charge in [0.25, 0.3) is 0 Å². The molecule has 0 aliphatic carbocycles. The van der Waals surface area contributed by atoms with E-state index in [0.29, 0.717) is 17.5 Å². The second-order valence-electron chi connectivity index (χ2n) is 25.8. The third kappa shape index (κ3) is 8.85. The Labute approximate surface area is 472 Å². The van der Waals surface area contributed by atoms with Crippen molar-refractivity contribution in [3.63, 3.8) is 0 Å². The lowest BCUT2D eigenvalue weighted by Gasteiger charge is -2.29. The third-order valence-electron chi connectivity index (χ3n) is 16.0. The van der Waals surface area contributed by atoms with E-state index in [4.69, 9.17) is 15.0 Å². The predicted molar refractivity (Wildman–Crippen MR) is 342 cm³/mol. The smallest absolute Gasteiger partial charge is 0.164 e. The van der Waals surface area contributed by atoms with Crippen molar-refractivity contribution in [1.82, 2.24) is 19.5 Å². The molecule has 6 heteroatoms. The molecule has 0 bridgehead atoms. The van der Waals surface area contributed by atoms with Crippen LogP contribution in [-0.2, 0) is 21.7 Å². The lowest BCUT2D eigenvalue weighted by atomic mass is 9.78. The van der Waals surface area contributed by atoms with Crippen molar-refractivity contribution in [1.29, 1.82) is 0 Å². The number of thiophene rings is 2. The maximum Gasteiger partial charge on any atom is 0.164 e. The van der Waals surface area contributed by atoms with E-state index < -0.39 is 0 Å². The Morgan fingerprint density at radius 1 is 0.304 bits per heavy atom. The largest absolute Gasteiger partial charge is 0.307 e. The third-order valence-corrected chi connectivity index (χ3v) is 18.2. The van der Waals surface area contributed by atoms with Crippen LogP contribution in [0, 0.1) is 0 Å². The summed E-state index contributed by atoms with van der Waals surface area (Å²) in [5.74, 6) is 1.89. The summed E-state index contributed by atoms with van der Waals surface area (Å²) in [4.78, 5) is 16.5. The molecule has 0 amide bonds. The summed E-state index contributed by atoms with van der Waals surface area (Å²) >= 11 is 3.62. The Morgan fingerprint density at radius 3 is 1.06 bits per heavy atom. The zero-order chi connectivity index (χ0) is 54.9. The summed E-state index contributed by atoms with van der Waals surface area (Å²) in [5.41, 5.74) is 15.6. The average Bonchev–Trinajstić information content (AvgIpc) is 4.29. The number of hydrogen-bond acceptors (Lipinski definition) is 5. The van der Waals surface area contributed by atoms with Gasteiger partial charge in [-0.25, -0.2) is 15.0 Å². The molecule has 0 unspecified atom stereocenters. The molecule has 0 aliphatic heterocycles. The highest BCUT2D eigenvalue weighted by atomic mass is 32.1. The molecule has 0 saturated carbocycles. The summed E-state index contributed by atoms with van der Waals surface area (Å²) in [6, 6.07) is 67.5. The average molecular weight is 1060 g/mol. The van der Waals surface area contributed by atoms with Crippen LogP contribution in [0.15, 0.2) is 182 Å². The first kappa shape index (κ1) is 50.7. The molecule has 9 aromatic carbocycles. The Kier molecular flexibility index (Phi) is 11.8. The summed E-state index contributed by atoms with van der Waals surface area (Å²) in [6.07, 6.45) is 0. The first-order valence-electron chi connectivity index (χ1n) is 27.7. The fraction of sp³-hybridized carbons (Fsp3) is 0.219. The van der Waals surface area contributed by atoms with E-state index in [0.717, 1.165) is 44.6 Å². The highest BCUT2D eigenvalue weighted by Crippen LogP contribution is 2.50. The molecule has 0 radical (unpaired) electrons. The van der Waals surface area contributed by atoms with Gasteiger partial charge in [0, 0.05) is 78.9 Å². The molecule has 0 spiro atoms. The first-order chi connectivity index (χ1) is 37.7. The summed E-state index contributed by atoms with van der Waals surface area (Å²) in [6.45, 7) is 28.4. The van der Waals surface area contributed by atoms with Crippen molar-refractivity contribution in [2.75, 3.05) is 0 Å². The van der Waals surface area contributed by atoms with Crippen molar-refractivity contribution < 1.29 is 0 Å². The van der Waals surface area contributed by atoms with E-state index in [1.807, 2.05) is 22.7 Å². The second-order valence-corrected chi connectivity index (χ2v) is 27.9. The van der Waals surface area contributed by atoms with Crippen LogP contribution in [-0.4, -0.2) is 19.5 Å². The van der Waals surface area contributed by atoms with Crippen LogP contribution in [0.25, 0.3) is 124 Å². The van der Waals surface area contributed by atoms with Gasteiger partial charge in [-0.1, -0.05) is 217 Å². The molecular formula is C73H66N4S2. The Morgan fingerprint density at radius 2 is 0.671 bits per heavy atom. The molecule has 0 N–H and O–H groups in total. The van der Waals surface area contributed by atoms with Crippen molar-refractivity contribution in [2.45, 2.75) is 105 Å². The van der Waals surface area contributed by atoms with Gasteiger partial charge in [0.1, 0.15) is 0 Å². The van der Waals surface area contributed by atoms with Crippen molar-refractivity contribution in [3.05, 3.63) is 204 Å². The van der Waals surface area contributed by atoms with Gasteiger partial charge in [-0.15, -0.1) is 22.7 Å². The minimum absolute atomic E-state index is 0.0847. The van der Waals surface area contributed by atoms with Crippen LogP contribution in [0.2, 0.25) is 0 Å². The van der Waals surface area contributed by atoms with E-state index in [-0.39, 0.29) is 21.7 Å². The molecule has 79 heavy (non-hydrogen) atoms. The van der Waals surface area contributed by atoms with E-state index in [1.165, 1.54) is 84.4 Å². The lowest BCUT2D eigenvalue weighted by Crippen LogP contribution is -2.19. The molecule has 0 aliphatic rings. The maximum atomic E-state index is 5.56. The van der Waals surface area contributed by atoms with E-state index in [2.05, 4.69) is 270 Å². The molecule has 0 saturated heterocycles. The minimum atomic E-state index is -0.213. The standard InChI is InChI=1S/C73H66N4S2/c1-70(2,3)48-39-56-57-40-49(71(4,5)6)42-59(73(10,11)12)66(57)77(65(56)58(41-48)72(7,8)9)64-54(43-23-15-13-16-24-43)35-47(36-55(64)44-25-17-14-18-26-44)69-75-67(45-31-33-52-50-27-19-21-29-60(50)78-62(52)37-45)74-68(76-69)46-32-34-53-51-28-20-22-30-61(51)79-63(53)38-46/h13-42H,1-12H3. The van der Waals surface area contributed by atoms with Crippen LogP contribution in [0.4, 0.5) is 0 Å². The Bertz CT molecular complexity index is 4280. The highest BCUT2D eigenvalue weighted by Gasteiger charge is 2.33. The van der Waals surface area contributed by atoms with Gasteiger partial charge in [0.2, 0.25) is 0 Å². The van der Waals surface area contributed by atoms with Crippen molar-refractivity contribution >= 4 is 84.8 Å². The van der Waals surface area contributed by atoms with E-state index >= 15 is 0 Å². The molecular weight excluding hydrogens is 997 g/mol. The number of hydrogen-bond donors (Lipinski definition) is 0. The Hall–Kier alpha value is -7.77. The first-order valence-corrected chi connectivity index (χ1v) is 29.4. The highest BCUT2D eigenvalue weighted by molar-refractivity contribution is 7.26. The summed E-state index contributed by atoms with van der Waals surface area (Å²) < 4.78 is 7.62. The number of benzene rings is 9. The van der Waals surface area contributed by atoms with Gasteiger partial charge in [-0.2, -0.15) is 0 Å². The van der Waals surface area contributed by atoms with Crippen molar-refractivity contribution in [2.24, 2.45) is 0 Å². The fourth-order valence-corrected chi connectivity index (χ4v) is 14.0. The van der Waals surface area contributed by atoms with E-state index in [9.17, 15) is 0 Å². The van der Waals surface area contributed by atoms with Crippen LogP contribution >= 0.6 is 22.7 Å². The second kappa shape index (κ2) is 18.4. The molecule has 0 fully saturated rings. The fourth-order valence-electron chi connectivity index (χ4n) is 11.7. The quantitative estimate of drug-likeness (QED) is 0.167. The number of nitrogens with zero attached hydrogens (tertiary/aromatic N) is 4. The molecule has 0 atom stereocenters. The Balaban J connectivity index is 1.17. The van der Waals surface area contributed by atoms with Crippen LogP contribution in [0.1, 0.15) is 105 Å². The number of aromatic nitrogens is 4. The van der Waals surface area contributed by atoms with Gasteiger partial charge in [-0.3, -0.25) is 0 Å². The van der Waals surface area contributed by atoms with Crippen LogP contribution in [0.3, 0.4) is 0 Å². The van der Waals surface area contributed by atoms with Crippen LogP contribution in [0.5, 0.6) is 0 Å². The van der Waals surface area contributed by atoms with Gasteiger partial charge < -0.3 is 4.57 Å². The summed E-state index contributed by atoms with van der Waals surface area (Å²) in [5, 5.41) is 7.57. The molecule has 4 heterocycles. The monoisotopic (exact) mass is 1060 g/mol. The van der Waals surface area contributed by atoms with Crippen molar-refractivity contribution in [3.8, 4) is 62.1 Å². The molecule has 390 valence electrons. The van der Waals surface area contributed by atoms with Gasteiger partial charge >= 0.3 is 0 Å². The molecule has 4 nitrogen and oxygen atoms in total. The van der Waals surface area contributed by atoms with Gasteiger partial charge in [0.05, 0.1) is 16.7 Å². The zero-order valence-corrected chi connectivity index (χ0v) is 49.1. The predicted octanol–water partition coefficient (Wildman–Crippen LogP) is 21.2. The van der Waals surface area contributed by atoms with Gasteiger partial charge in [-0.05, 0) is 104 Å². The molecule has 13 rings (SSSR count). The topological polar surface area (TPSA) is 43.6 Å².